The maximum atomic E-state index is 4.60. The van der Waals surface area contributed by atoms with E-state index in [1.54, 1.807) is 0 Å². The molecular formula is C21H37N3. The van der Waals surface area contributed by atoms with E-state index in [4.69, 9.17) is 0 Å². The van der Waals surface area contributed by atoms with Gasteiger partial charge in [0.25, 0.3) is 0 Å². The Kier molecular flexibility index (Phi) is 7.09. The van der Waals surface area contributed by atoms with Gasteiger partial charge in [-0.3, -0.25) is 0 Å². The molecule has 0 bridgehead atoms. The molecule has 0 N–H and O–H groups in total. The van der Waals surface area contributed by atoms with Gasteiger partial charge in [-0.15, -0.1) is 0 Å². The highest BCUT2D eigenvalue weighted by atomic mass is 15.3. The Morgan fingerprint density at radius 2 is 1.92 bits per heavy atom. The molecule has 1 aromatic rings. The smallest absolute Gasteiger partial charge is 0.128 e. The molecule has 1 unspecified atom stereocenters. The van der Waals surface area contributed by atoms with Crippen molar-refractivity contribution < 1.29 is 0 Å². The fourth-order valence-electron chi connectivity index (χ4n) is 4.17. The van der Waals surface area contributed by atoms with Crippen molar-refractivity contribution in [3.8, 4) is 0 Å². The molecule has 0 amide bonds. The number of pyridine rings is 1. The molecule has 2 heterocycles. The number of rotatable bonds is 9. The fourth-order valence-corrected chi connectivity index (χ4v) is 4.17. The van der Waals surface area contributed by atoms with E-state index in [2.05, 4.69) is 61.7 Å². The molecule has 24 heavy (non-hydrogen) atoms. The monoisotopic (exact) mass is 331 g/mol. The lowest BCUT2D eigenvalue weighted by Gasteiger charge is -2.33. The summed E-state index contributed by atoms with van der Waals surface area (Å²) in [5.74, 6) is 1.14. The Labute approximate surface area is 149 Å². The average Bonchev–Trinajstić information content (AvgIpc) is 3.04. The van der Waals surface area contributed by atoms with Gasteiger partial charge in [-0.05, 0) is 63.2 Å². The first-order chi connectivity index (χ1) is 11.5. The lowest BCUT2D eigenvalue weighted by Crippen LogP contribution is -2.37. The number of aromatic nitrogens is 1. The average molecular weight is 332 g/mol. The molecule has 1 aliphatic heterocycles. The predicted molar refractivity (Wildman–Crippen MR) is 105 cm³/mol. The van der Waals surface area contributed by atoms with Crippen LogP contribution in [0.1, 0.15) is 64.9 Å². The van der Waals surface area contributed by atoms with Crippen LogP contribution < -0.4 is 4.90 Å². The number of aryl methyl sites for hydroxylation is 1. The summed E-state index contributed by atoms with van der Waals surface area (Å²) >= 11 is 0. The van der Waals surface area contributed by atoms with Crippen LogP contribution in [-0.2, 0) is 0 Å². The Hall–Kier alpha value is -1.09. The van der Waals surface area contributed by atoms with E-state index < -0.39 is 0 Å². The summed E-state index contributed by atoms with van der Waals surface area (Å²) in [6.07, 6.45) is 9.88. The summed E-state index contributed by atoms with van der Waals surface area (Å²) in [7, 11) is 2.31. The summed E-state index contributed by atoms with van der Waals surface area (Å²) in [6, 6.07) is 5.00. The molecule has 1 aliphatic rings. The molecule has 1 aromatic heterocycles. The third-order valence-corrected chi connectivity index (χ3v) is 5.78. The van der Waals surface area contributed by atoms with E-state index in [1.165, 1.54) is 50.6 Å². The van der Waals surface area contributed by atoms with E-state index in [9.17, 15) is 0 Å². The maximum absolute atomic E-state index is 4.60. The van der Waals surface area contributed by atoms with Gasteiger partial charge in [0.1, 0.15) is 5.82 Å². The van der Waals surface area contributed by atoms with Crippen LogP contribution in [-0.4, -0.2) is 42.6 Å². The lowest BCUT2D eigenvalue weighted by atomic mass is 9.78. The van der Waals surface area contributed by atoms with E-state index >= 15 is 0 Å². The van der Waals surface area contributed by atoms with Gasteiger partial charge in [-0.1, -0.05) is 39.7 Å². The molecule has 3 nitrogen and oxygen atoms in total. The molecule has 0 spiro atoms. The van der Waals surface area contributed by atoms with Crippen molar-refractivity contribution in [3.63, 3.8) is 0 Å². The number of likely N-dealkylation sites (N-methyl/N-ethyl adjacent to an activating group) is 1. The second-order valence-electron chi connectivity index (χ2n) is 8.12. The molecule has 0 aliphatic carbocycles. The van der Waals surface area contributed by atoms with E-state index in [1.807, 2.05) is 6.20 Å². The normalized spacial score (nSPS) is 18.6. The SMILES string of the molecule is CCCC(C)(CCC)CCN(C)C1CCN(c2ccc(C)cn2)C1. The van der Waals surface area contributed by atoms with Crippen molar-refractivity contribution in [2.45, 2.75) is 72.3 Å². The number of hydrogen-bond acceptors (Lipinski definition) is 3. The second kappa shape index (κ2) is 8.84. The molecule has 0 aromatic carbocycles. The summed E-state index contributed by atoms with van der Waals surface area (Å²) < 4.78 is 0. The minimum Gasteiger partial charge on any atom is -0.355 e. The van der Waals surface area contributed by atoms with Crippen molar-refractivity contribution in [1.29, 1.82) is 0 Å². The highest BCUT2D eigenvalue weighted by molar-refractivity contribution is 5.40. The molecule has 1 fully saturated rings. The van der Waals surface area contributed by atoms with Crippen LogP contribution >= 0.6 is 0 Å². The highest BCUT2D eigenvalue weighted by Crippen LogP contribution is 2.33. The van der Waals surface area contributed by atoms with Crippen LogP contribution in [0.2, 0.25) is 0 Å². The molecule has 136 valence electrons. The minimum atomic E-state index is 0.522. The standard InChI is InChI=1S/C21H37N3/c1-6-11-21(4,12-7-2)13-15-23(5)19-10-14-24(17-19)20-9-8-18(3)16-22-20/h8-9,16,19H,6-7,10-15,17H2,1-5H3. The number of anilines is 1. The Balaban J connectivity index is 1.85. The highest BCUT2D eigenvalue weighted by Gasteiger charge is 2.28. The van der Waals surface area contributed by atoms with Crippen LogP contribution in [0.3, 0.4) is 0 Å². The van der Waals surface area contributed by atoms with Gasteiger partial charge in [-0.25, -0.2) is 4.98 Å². The second-order valence-corrected chi connectivity index (χ2v) is 8.12. The predicted octanol–water partition coefficient (Wildman–Crippen LogP) is 4.90. The van der Waals surface area contributed by atoms with Crippen molar-refractivity contribution in [3.05, 3.63) is 23.9 Å². The van der Waals surface area contributed by atoms with Gasteiger partial charge in [0.15, 0.2) is 0 Å². The van der Waals surface area contributed by atoms with E-state index in [0.717, 1.165) is 18.9 Å². The first-order valence-electron chi connectivity index (χ1n) is 9.85. The van der Waals surface area contributed by atoms with Gasteiger partial charge in [-0.2, -0.15) is 0 Å². The summed E-state index contributed by atoms with van der Waals surface area (Å²) in [4.78, 5) is 9.63. The Morgan fingerprint density at radius 3 is 2.50 bits per heavy atom. The van der Waals surface area contributed by atoms with Crippen molar-refractivity contribution in [2.24, 2.45) is 5.41 Å². The zero-order valence-corrected chi connectivity index (χ0v) is 16.5. The van der Waals surface area contributed by atoms with Crippen LogP contribution in [0.5, 0.6) is 0 Å². The van der Waals surface area contributed by atoms with Crippen LogP contribution in [0, 0.1) is 12.3 Å². The summed E-state index contributed by atoms with van der Waals surface area (Å²) in [5, 5.41) is 0. The summed E-state index contributed by atoms with van der Waals surface area (Å²) in [6.45, 7) is 12.7. The largest absolute Gasteiger partial charge is 0.355 e. The first-order valence-corrected chi connectivity index (χ1v) is 9.85. The molecule has 3 heteroatoms. The van der Waals surface area contributed by atoms with Gasteiger partial charge < -0.3 is 9.80 Å². The zero-order chi connectivity index (χ0) is 17.6. The molecule has 2 rings (SSSR count). The first kappa shape index (κ1) is 19.2. The number of hydrogen-bond donors (Lipinski definition) is 0. The fraction of sp³-hybridized carbons (Fsp3) is 0.762. The van der Waals surface area contributed by atoms with Crippen LogP contribution in [0.15, 0.2) is 18.3 Å². The number of nitrogens with zero attached hydrogens (tertiary/aromatic N) is 3. The topological polar surface area (TPSA) is 19.4 Å². The Bertz CT molecular complexity index is 476. The molecular weight excluding hydrogens is 294 g/mol. The van der Waals surface area contributed by atoms with Gasteiger partial charge in [0.05, 0.1) is 0 Å². The minimum absolute atomic E-state index is 0.522. The summed E-state index contributed by atoms with van der Waals surface area (Å²) in [5.41, 5.74) is 1.76. The van der Waals surface area contributed by atoms with Crippen molar-refractivity contribution in [1.82, 2.24) is 9.88 Å². The van der Waals surface area contributed by atoms with E-state index in [-0.39, 0.29) is 0 Å². The molecule has 0 saturated carbocycles. The van der Waals surface area contributed by atoms with Crippen LogP contribution in [0.25, 0.3) is 0 Å². The molecule has 0 radical (unpaired) electrons. The van der Waals surface area contributed by atoms with Crippen LogP contribution in [0.4, 0.5) is 5.82 Å². The van der Waals surface area contributed by atoms with Crippen molar-refractivity contribution in [2.75, 3.05) is 31.6 Å². The molecule has 1 atom stereocenters. The molecule has 1 saturated heterocycles. The third kappa shape index (κ3) is 5.20. The van der Waals surface area contributed by atoms with Gasteiger partial charge in [0, 0.05) is 25.3 Å². The quantitative estimate of drug-likeness (QED) is 0.642. The van der Waals surface area contributed by atoms with Gasteiger partial charge in [0.2, 0.25) is 0 Å². The van der Waals surface area contributed by atoms with Gasteiger partial charge >= 0.3 is 0 Å². The zero-order valence-electron chi connectivity index (χ0n) is 16.5. The maximum Gasteiger partial charge on any atom is 0.128 e. The third-order valence-electron chi connectivity index (χ3n) is 5.78. The Morgan fingerprint density at radius 1 is 1.21 bits per heavy atom. The van der Waals surface area contributed by atoms with E-state index in [0.29, 0.717) is 11.5 Å². The lowest BCUT2D eigenvalue weighted by molar-refractivity contribution is 0.176. The van der Waals surface area contributed by atoms with Crippen molar-refractivity contribution >= 4 is 5.82 Å².